The molecule has 3 rings (SSSR count). The Morgan fingerprint density at radius 3 is 2.46 bits per heavy atom. The lowest BCUT2D eigenvalue weighted by molar-refractivity contribution is -0.134. The molecule has 2 heterocycles. The molecular weight excluding hydrogens is 354 g/mol. The van der Waals surface area contributed by atoms with E-state index in [0.717, 1.165) is 5.56 Å². The predicted molar refractivity (Wildman–Crippen MR) is 107 cm³/mol. The van der Waals surface area contributed by atoms with Gasteiger partial charge in [0.05, 0.1) is 0 Å². The van der Waals surface area contributed by atoms with Gasteiger partial charge in [-0.05, 0) is 37.5 Å². The topological polar surface area (TPSA) is 79.4 Å². The van der Waals surface area contributed by atoms with Gasteiger partial charge in [0.1, 0.15) is 5.82 Å². The van der Waals surface area contributed by atoms with Crippen molar-refractivity contribution in [2.75, 3.05) is 18.4 Å². The molecule has 0 bridgehead atoms. The van der Waals surface area contributed by atoms with E-state index < -0.39 is 0 Å². The number of anilines is 1. The molecule has 0 saturated carbocycles. The van der Waals surface area contributed by atoms with Gasteiger partial charge in [0, 0.05) is 43.6 Å². The molecule has 0 atom stereocenters. The smallest absolute Gasteiger partial charge is 0.228 e. The van der Waals surface area contributed by atoms with Crippen LogP contribution in [0.2, 0.25) is 0 Å². The van der Waals surface area contributed by atoms with Crippen molar-refractivity contribution in [1.82, 2.24) is 9.88 Å². The first-order chi connectivity index (χ1) is 13.5. The van der Waals surface area contributed by atoms with Crippen LogP contribution in [0, 0.1) is 12.8 Å². The van der Waals surface area contributed by atoms with Gasteiger partial charge in [-0.2, -0.15) is 0 Å². The Labute approximate surface area is 165 Å². The van der Waals surface area contributed by atoms with Crippen LogP contribution in [0.5, 0.6) is 0 Å². The summed E-state index contributed by atoms with van der Waals surface area (Å²) in [5, 5.41) is 2.86. The van der Waals surface area contributed by atoms with Crippen molar-refractivity contribution < 1.29 is 14.4 Å². The number of likely N-dealkylation sites (tertiary alicyclic amines) is 1. The normalized spacial score (nSPS) is 14.5. The lowest BCUT2D eigenvalue weighted by atomic mass is 9.95. The first-order valence-corrected chi connectivity index (χ1v) is 9.62. The van der Waals surface area contributed by atoms with Crippen molar-refractivity contribution >= 4 is 23.4 Å². The molecule has 1 N–H and O–H groups in total. The summed E-state index contributed by atoms with van der Waals surface area (Å²) in [6.45, 7) is 3.03. The van der Waals surface area contributed by atoms with Crippen LogP contribution in [0.15, 0.2) is 48.7 Å². The number of nitrogens with one attached hydrogen (secondary N) is 1. The summed E-state index contributed by atoms with van der Waals surface area (Å²) in [4.78, 5) is 42.9. The van der Waals surface area contributed by atoms with E-state index in [-0.39, 0.29) is 36.4 Å². The minimum atomic E-state index is -0.127. The first kappa shape index (κ1) is 19.7. The summed E-state index contributed by atoms with van der Waals surface area (Å²) in [6, 6.07) is 12.7. The number of benzene rings is 1. The third kappa shape index (κ3) is 5.25. The minimum absolute atomic E-state index is 0.0196. The average Bonchev–Trinajstić information content (AvgIpc) is 2.72. The van der Waals surface area contributed by atoms with Gasteiger partial charge in [-0.3, -0.25) is 14.4 Å². The summed E-state index contributed by atoms with van der Waals surface area (Å²) in [5.41, 5.74) is 1.67. The van der Waals surface area contributed by atoms with E-state index in [1.165, 1.54) is 0 Å². The average molecular weight is 379 g/mol. The van der Waals surface area contributed by atoms with Crippen molar-refractivity contribution in [3.8, 4) is 0 Å². The van der Waals surface area contributed by atoms with Crippen LogP contribution in [-0.2, 0) is 9.59 Å². The number of aryl methyl sites for hydroxylation is 1. The number of ketones is 1. The zero-order valence-corrected chi connectivity index (χ0v) is 16.1. The molecule has 1 aromatic heterocycles. The molecule has 0 radical (unpaired) electrons. The van der Waals surface area contributed by atoms with Gasteiger partial charge in [-0.15, -0.1) is 0 Å². The van der Waals surface area contributed by atoms with Crippen molar-refractivity contribution in [2.45, 2.75) is 32.6 Å². The van der Waals surface area contributed by atoms with Crippen LogP contribution >= 0.6 is 0 Å². The highest BCUT2D eigenvalue weighted by atomic mass is 16.2. The summed E-state index contributed by atoms with van der Waals surface area (Å²) < 4.78 is 0. The fraction of sp³-hybridized carbons (Fsp3) is 0.364. The van der Waals surface area contributed by atoms with E-state index in [2.05, 4.69) is 10.3 Å². The van der Waals surface area contributed by atoms with E-state index in [1.807, 2.05) is 37.3 Å². The second-order valence-electron chi connectivity index (χ2n) is 7.15. The number of aromatic nitrogens is 1. The molecule has 1 fully saturated rings. The highest BCUT2D eigenvalue weighted by molar-refractivity contribution is 5.98. The van der Waals surface area contributed by atoms with E-state index in [4.69, 9.17) is 0 Å². The molecule has 1 aliphatic heterocycles. The summed E-state index contributed by atoms with van der Waals surface area (Å²) in [6.07, 6.45) is 3.33. The minimum Gasteiger partial charge on any atom is -0.343 e. The third-order valence-corrected chi connectivity index (χ3v) is 5.05. The van der Waals surface area contributed by atoms with E-state index >= 15 is 0 Å². The van der Waals surface area contributed by atoms with Gasteiger partial charge in [-0.25, -0.2) is 4.98 Å². The molecule has 1 aliphatic rings. The summed E-state index contributed by atoms with van der Waals surface area (Å²) in [5.74, 6) is 0.335. The molecule has 28 heavy (non-hydrogen) atoms. The summed E-state index contributed by atoms with van der Waals surface area (Å²) >= 11 is 0. The number of rotatable bonds is 6. The second kappa shape index (κ2) is 9.26. The highest BCUT2D eigenvalue weighted by Crippen LogP contribution is 2.20. The van der Waals surface area contributed by atoms with Crippen LogP contribution in [0.3, 0.4) is 0 Å². The van der Waals surface area contributed by atoms with Crippen molar-refractivity contribution in [2.24, 2.45) is 5.92 Å². The van der Waals surface area contributed by atoms with Crippen LogP contribution < -0.4 is 5.32 Å². The monoisotopic (exact) mass is 379 g/mol. The van der Waals surface area contributed by atoms with Crippen LogP contribution in [0.4, 0.5) is 5.82 Å². The quantitative estimate of drug-likeness (QED) is 0.782. The maximum Gasteiger partial charge on any atom is 0.228 e. The molecule has 1 saturated heterocycles. The fourth-order valence-electron chi connectivity index (χ4n) is 3.37. The zero-order valence-electron chi connectivity index (χ0n) is 16.1. The fourth-order valence-corrected chi connectivity index (χ4v) is 3.37. The van der Waals surface area contributed by atoms with Gasteiger partial charge in [0.25, 0.3) is 0 Å². The molecule has 146 valence electrons. The van der Waals surface area contributed by atoms with Gasteiger partial charge in [0.15, 0.2) is 5.78 Å². The van der Waals surface area contributed by atoms with Crippen LogP contribution in [0.1, 0.15) is 41.6 Å². The number of Topliss-reactive ketones (excluding diaryl/α,β-unsaturated/α-hetero) is 1. The molecule has 6 nitrogen and oxygen atoms in total. The first-order valence-electron chi connectivity index (χ1n) is 9.62. The number of carbonyl (C=O) groups is 3. The Bertz CT molecular complexity index is 843. The molecule has 2 amide bonds. The lowest BCUT2D eigenvalue weighted by Crippen LogP contribution is -2.41. The molecule has 6 heteroatoms. The second-order valence-corrected chi connectivity index (χ2v) is 7.15. The van der Waals surface area contributed by atoms with E-state index in [1.54, 1.807) is 23.2 Å². The standard InChI is InChI=1S/C22H25N3O3/c1-16-9-12-23-20(15-16)24-22(28)18-10-13-25(14-11-18)21(27)8-7-19(26)17-5-3-2-4-6-17/h2-6,9,12,15,18H,7-8,10-11,13-14H2,1H3,(H,23,24,28). The maximum absolute atomic E-state index is 12.4. The Morgan fingerprint density at radius 1 is 1.07 bits per heavy atom. The SMILES string of the molecule is Cc1ccnc(NC(=O)C2CCN(C(=O)CCC(=O)c3ccccc3)CC2)c1. The largest absolute Gasteiger partial charge is 0.343 e. The molecule has 0 spiro atoms. The zero-order chi connectivity index (χ0) is 19.9. The van der Waals surface area contributed by atoms with Crippen molar-refractivity contribution in [3.05, 3.63) is 59.8 Å². The number of nitrogens with zero attached hydrogens (tertiary/aromatic N) is 2. The predicted octanol–water partition coefficient (Wildman–Crippen LogP) is 3.23. The van der Waals surface area contributed by atoms with Crippen molar-refractivity contribution in [1.29, 1.82) is 0 Å². The Hall–Kier alpha value is -3.02. The van der Waals surface area contributed by atoms with Gasteiger partial charge in [0.2, 0.25) is 11.8 Å². The molecular formula is C22H25N3O3. The number of hydrogen-bond acceptors (Lipinski definition) is 4. The number of amides is 2. The Kier molecular flexibility index (Phi) is 6.53. The van der Waals surface area contributed by atoms with Gasteiger partial charge < -0.3 is 10.2 Å². The van der Waals surface area contributed by atoms with Crippen LogP contribution in [0.25, 0.3) is 0 Å². The van der Waals surface area contributed by atoms with E-state index in [9.17, 15) is 14.4 Å². The number of pyridine rings is 1. The molecule has 1 aromatic carbocycles. The van der Waals surface area contributed by atoms with Gasteiger partial charge >= 0.3 is 0 Å². The highest BCUT2D eigenvalue weighted by Gasteiger charge is 2.27. The molecule has 0 aliphatic carbocycles. The number of carbonyl (C=O) groups excluding carboxylic acids is 3. The third-order valence-electron chi connectivity index (χ3n) is 5.05. The van der Waals surface area contributed by atoms with Crippen molar-refractivity contribution in [3.63, 3.8) is 0 Å². The van der Waals surface area contributed by atoms with E-state index in [0.29, 0.717) is 37.3 Å². The van der Waals surface area contributed by atoms with Gasteiger partial charge in [-0.1, -0.05) is 30.3 Å². The molecule has 0 unspecified atom stereocenters. The molecule has 2 aromatic rings. The summed E-state index contributed by atoms with van der Waals surface area (Å²) in [7, 11) is 0. The lowest BCUT2D eigenvalue weighted by Gasteiger charge is -2.31. The maximum atomic E-state index is 12.4. The number of hydrogen-bond donors (Lipinski definition) is 1. The number of piperidine rings is 1. The Morgan fingerprint density at radius 2 is 1.79 bits per heavy atom. The van der Waals surface area contributed by atoms with Crippen LogP contribution in [-0.4, -0.2) is 40.6 Å². The Balaban J connectivity index is 1.43.